The molecule has 1 unspecified atom stereocenters. The van der Waals surface area contributed by atoms with Gasteiger partial charge >= 0.3 is 6.09 Å². The highest BCUT2D eigenvalue weighted by Crippen LogP contribution is 2.14. The number of thiophene rings is 1. The fraction of sp³-hybridized carbons (Fsp3) is 0.643. The van der Waals surface area contributed by atoms with Crippen molar-refractivity contribution in [3.05, 3.63) is 22.4 Å². The van der Waals surface area contributed by atoms with Gasteiger partial charge in [-0.1, -0.05) is 6.07 Å². The molecule has 0 aromatic carbocycles. The molecule has 0 aliphatic carbocycles. The molecule has 1 atom stereocenters. The van der Waals surface area contributed by atoms with Crippen LogP contribution in [-0.2, 0) is 11.2 Å². The third-order valence-corrected chi connectivity index (χ3v) is 3.51. The van der Waals surface area contributed by atoms with Crippen molar-refractivity contribution < 1.29 is 14.6 Å². The number of hydrogen-bond donors (Lipinski definition) is 2. The molecule has 1 aromatic rings. The van der Waals surface area contributed by atoms with Crippen molar-refractivity contribution in [1.82, 2.24) is 5.32 Å². The summed E-state index contributed by atoms with van der Waals surface area (Å²) in [6.07, 6.45) is 1.35. The molecule has 19 heavy (non-hydrogen) atoms. The minimum Gasteiger partial charge on any atom is -0.444 e. The molecule has 4 nitrogen and oxygen atoms in total. The van der Waals surface area contributed by atoms with E-state index in [-0.39, 0.29) is 12.5 Å². The molecule has 5 heteroatoms. The number of amides is 1. The molecule has 1 rings (SSSR count). The normalized spacial score (nSPS) is 13.1. The van der Waals surface area contributed by atoms with E-state index in [1.165, 1.54) is 4.88 Å². The molecular weight excluding hydrogens is 262 g/mol. The zero-order chi connectivity index (χ0) is 14.3. The predicted molar refractivity (Wildman–Crippen MR) is 77.5 cm³/mol. The zero-order valence-corrected chi connectivity index (χ0v) is 12.6. The van der Waals surface area contributed by atoms with Gasteiger partial charge in [0.15, 0.2) is 0 Å². The number of aryl methyl sites for hydroxylation is 1. The van der Waals surface area contributed by atoms with E-state index < -0.39 is 11.7 Å². The Morgan fingerprint density at radius 2 is 2.26 bits per heavy atom. The van der Waals surface area contributed by atoms with Crippen molar-refractivity contribution in [3.8, 4) is 0 Å². The molecule has 0 aliphatic rings. The number of alkyl carbamates (subject to hydrolysis) is 1. The number of hydrogen-bond acceptors (Lipinski definition) is 4. The van der Waals surface area contributed by atoms with Gasteiger partial charge in [-0.2, -0.15) is 0 Å². The topological polar surface area (TPSA) is 58.6 Å². The lowest BCUT2D eigenvalue weighted by atomic mass is 10.0. The van der Waals surface area contributed by atoms with Gasteiger partial charge in [-0.3, -0.25) is 0 Å². The highest BCUT2D eigenvalue weighted by Gasteiger charge is 2.17. The van der Waals surface area contributed by atoms with Crippen molar-refractivity contribution in [1.29, 1.82) is 0 Å². The molecule has 1 aromatic heterocycles. The molecule has 0 radical (unpaired) electrons. The Morgan fingerprint density at radius 3 is 2.79 bits per heavy atom. The Bertz CT molecular complexity index is 371. The summed E-state index contributed by atoms with van der Waals surface area (Å²) in [6, 6.07) is 4.10. The lowest BCUT2D eigenvalue weighted by molar-refractivity contribution is 0.0511. The molecular formula is C14H23NO3S. The van der Waals surface area contributed by atoms with Crippen LogP contribution in [0.5, 0.6) is 0 Å². The highest BCUT2D eigenvalue weighted by molar-refractivity contribution is 7.09. The van der Waals surface area contributed by atoms with E-state index in [1.54, 1.807) is 11.3 Å². The summed E-state index contributed by atoms with van der Waals surface area (Å²) in [6.45, 7) is 5.99. The van der Waals surface area contributed by atoms with Gasteiger partial charge < -0.3 is 15.2 Å². The molecule has 2 N–H and O–H groups in total. The second kappa shape index (κ2) is 7.50. The van der Waals surface area contributed by atoms with E-state index in [0.717, 1.165) is 12.8 Å². The van der Waals surface area contributed by atoms with Crippen LogP contribution in [0.2, 0.25) is 0 Å². The van der Waals surface area contributed by atoms with Gasteiger partial charge in [0.2, 0.25) is 0 Å². The molecule has 0 saturated heterocycles. The number of aliphatic hydroxyl groups is 1. The fourth-order valence-electron chi connectivity index (χ4n) is 1.60. The number of ether oxygens (including phenoxy) is 1. The summed E-state index contributed by atoms with van der Waals surface area (Å²) < 4.78 is 5.15. The van der Waals surface area contributed by atoms with Gasteiger partial charge in [0.1, 0.15) is 5.60 Å². The lowest BCUT2D eigenvalue weighted by Crippen LogP contribution is -2.36. The van der Waals surface area contributed by atoms with Crippen LogP contribution in [0.1, 0.15) is 32.1 Å². The molecule has 0 bridgehead atoms. The molecule has 0 aliphatic heterocycles. The van der Waals surface area contributed by atoms with Gasteiger partial charge in [-0.05, 0) is 51.0 Å². The van der Waals surface area contributed by atoms with Crippen LogP contribution in [-0.4, -0.2) is 30.0 Å². The third-order valence-electron chi connectivity index (χ3n) is 2.57. The number of rotatable bonds is 6. The SMILES string of the molecule is CC(C)(C)OC(=O)NCC(CO)CCc1cccs1. The van der Waals surface area contributed by atoms with Crippen LogP contribution in [0, 0.1) is 5.92 Å². The summed E-state index contributed by atoms with van der Waals surface area (Å²) in [4.78, 5) is 12.8. The van der Waals surface area contributed by atoms with Crippen LogP contribution in [0.25, 0.3) is 0 Å². The summed E-state index contributed by atoms with van der Waals surface area (Å²) in [7, 11) is 0. The quantitative estimate of drug-likeness (QED) is 0.845. The minimum atomic E-state index is -0.490. The van der Waals surface area contributed by atoms with Crippen molar-refractivity contribution >= 4 is 17.4 Å². The average molecular weight is 285 g/mol. The maximum Gasteiger partial charge on any atom is 0.407 e. The second-order valence-corrected chi connectivity index (χ2v) is 6.58. The van der Waals surface area contributed by atoms with Crippen molar-refractivity contribution in [2.24, 2.45) is 5.92 Å². The minimum absolute atomic E-state index is 0.0645. The van der Waals surface area contributed by atoms with Gasteiger partial charge in [-0.15, -0.1) is 11.3 Å². The number of nitrogens with one attached hydrogen (secondary N) is 1. The van der Waals surface area contributed by atoms with Crippen molar-refractivity contribution in [3.63, 3.8) is 0 Å². The average Bonchev–Trinajstić information content (AvgIpc) is 2.80. The van der Waals surface area contributed by atoms with Crippen molar-refractivity contribution in [2.45, 2.75) is 39.2 Å². The summed E-state index contributed by atoms with van der Waals surface area (Å²) in [5, 5.41) is 14.1. The van der Waals surface area contributed by atoms with Crippen molar-refractivity contribution in [2.75, 3.05) is 13.2 Å². The molecule has 1 heterocycles. The largest absolute Gasteiger partial charge is 0.444 e. The number of carbonyl (C=O) groups is 1. The Morgan fingerprint density at radius 1 is 1.53 bits per heavy atom. The van der Waals surface area contributed by atoms with Crippen LogP contribution in [0.3, 0.4) is 0 Å². The van der Waals surface area contributed by atoms with E-state index >= 15 is 0 Å². The molecule has 0 saturated carbocycles. The number of aliphatic hydroxyl groups excluding tert-OH is 1. The van der Waals surface area contributed by atoms with Gasteiger partial charge in [0.05, 0.1) is 0 Å². The molecule has 0 spiro atoms. The van der Waals surface area contributed by atoms with E-state index in [2.05, 4.69) is 11.4 Å². The smallest absolute Gasteiger partial charge is 0.407 e. The fourth-order valence-corrected chi connectivity index (χ4v) is 2.33. The van der Waals surface area contributed by atoms with Crippen LogP contribution in [0.15, 0.2) is 17.5 Å². The lowest BCUT2D eigenvalue weighted by Gasteiger charge is -2.21. The summed E-state index contributed by atoms with van der Waals surface area (Å²) >= 11 is 1.71. The Kier molecular flexibility index (Phi) is 6.31. The van der Waals surface area contributed by atoms with Crippen LogP contribution >= 0.6 is 11.3 Å². The first kappa shape index (κ1) is 16.0. The van der Waals surface area contributed by atoms with Gasteiger partial charge in [0.25, 0.3) is 0 Å². The zero-order valence-electron chi connectivity index (χ0n) is 11.8. The highest BCUT2D eigenvalue weighted by atomic mass is 32.1. The summed E-state index contributed by atoms with van der Waals surface area (Å²) in [5.41, 5.74) is -0.490. The first-order valence-electron chi connectivity index (χ1n) is 6.51. The van der Waals surface area contributed by atoms with E-state index in [9.17, 15) is 9.90 Å². The Hall–Kier alpha value is -1.07. The second-order valence-electron chi connectivity index (χ2n) is 5.55. The Balaban J connectivity index is 2.26. The predicted octanol–water partition coefficient (Wildman–Crippen LogP) is 2.81. The number of carbonyl (C=O) groups excluding carboxylic acids is 1. The van der Waals surface area contributed by atoms with E-state index in [1.807, 2.05) is 32.2 Å². The Labute approximate surface area is 118 Å². The maximum atomic E-state index is 11.5. The van der Waals surface area contributed by atoms with Gasteiger partial charge in [-0.25, -0.2) is 4.79 Å². The van der Waals surface area contributed by atoms with Crippen LogP contribution < -0.4 is 5.32 Å². The first-order valence-corrected chi connectivity index (χ1v) is 7.39. The van der Waals surface area contributed by atoms with E-state index in [4.69, 9.17) is 4.74 Å². The maximum absolute atomic E-state index is 11.5. The monoisotopic (exact) mass is 285 g/mol. The molecule has 1 amide bonds. The first-order chi connectivity index (χ1) is 8.90. The standard InChI is InChI=1S/C14H23NO3S/c1-14(2,3)18-13(17)15-9-11(10-16)6-7-12-5-4-8-19-12/h4-5,8,11,16H,6-7,9-10H2,1-3H3,(H,15,17). The summed E-state index contributed by atoms with van der Waals surface area (Å²) in [5.74, 6) is 0.0645. The third kappa shape index (κ3) is 7.18. The van der Waals surface area contributed by atoms with Gasteiger partial charge in [0, 0.05) is 18.0 Å². The van der Waals surface area contributed by atoms with Crippen LogP contribution in [0.4, 0.5) is 4.79 Å². The molecule has 0 fully saturated rings. The molecule has 108 valence electrons. The van der Waals surface area contributed by atoms with E-state index in [0.29, 0.717) is 6.54 Å².